The van der Waals surface area contributed by atoms with Gasteiger partial charge in [-0.25, -0.2) is 0 Å². The summed E-state index contributed by atoms with van der Waals surface area (Å²) < 4.78 is 0. The SMILES string of the molecule is CCC(C)(C)P(C(C)C)C(C)(C)C. The first-order valence-corrected chi connectivity index (χ1v) is 6.83. The molecular weight excluding hydrogens is 175 g/mol. The van der Waals surface area contributed by atoms with Crippen LogP contribution in [0.4, 0.5) is 0 Å². The summed E-state index contributed by atoms with van der Waals surface area (Å²) in [7, 11) is 0.0959. The van der Waals surface area contributed by atoms with Crippen LogP contribution in [0, 0.1) is 0 Å². The van der Waals surface area contributed by atoms with Gasteiger partial charge in [0.25, 0.3) is 0 Å². The lowest BCUT2D eigenvalue weighted by atomic mass is 10.1. The predicted molar refractivity (Wildman–Crippen MR) is 66.2 cm³/mol. The van der Waals surface area contributed by atoms with Crippen molar-refractivity contribution in [2.45, 2.75) is 77.8 Å². The molecule has 0 fully saturated rings. The zero-order valence-corrected chi connectivity index (χ0v) is 11.6. The van der Waals surface area contributed by atoms with Crippen molar-refractivity contribution in [2.24, 2.45) is 0 Å². The minimum Gasteiger partial charge on any atom is -0.0927 e. The third kappa shape index (κ3) is 3.58. The monoisotopic (exact) mass is 202 g/mol. The molecule has 0 N–H and O–H groups in total. The van der Waals surface area contributed by atoms with E-state index in [0.29, 0.717) is 10.3 Å². The molecule has 0 aliphatic heterocycles. The largest absolute Gasteiger partial charge is 0.0927 e. The molecule has 0 heterocycles. The van der Waals surface area contributed by atoms with Crippen molar-refractivity contribution < 1.29 is 0 Å². The zero-order valence-electron chi connectivity index (χ0n) is 10.7. The highest BCUT2D eigenvalue weighted by atomic mass is 31.1. The first-order chi connectivity index (χ1) is 5.63. The normalized spacial score (nSPS) is 16.4. The van der Waals surface area contributed by atoms with Gasteiger partial charge in [0.1, 0.15) is 0 Å². The molecule has 0 bridgehead atoms. The predicted octanol–water partition coefficient (Wildman–Crippen LogP) is 4.86. The van der Waals surface area contributed by atoms with E-state index >= 15 is 0 Å². The Hall–Kier alpha value is 0.430. The molecule has 0 amide bonds. The number of rotatable bonds is 3. The lowest BCUT2D eigenvalue weighted by molar-refractivity contribution is 0.627. The maximum absolute atomic E-state index is 2.43. The van der Waals surface area contributed by atoms with Crippen LogP contribution in [0.5, 0.6) is 0 Å². The van der Waals surface area contributed by atoms with Crippen LogP contribution in [-0.2, 0) is 0 Å². The van der Waals surface area contributed by atoms with Crippen molar-refractivity contribution in [3.05, 3.63) is 0 Å². The van der Waals surface area contributed by atoms with Crippen molar-refractivity contribution in [3.8, 4) is 0 Å². The second-order valence-electron chi connectivity index (χ2n) is 5.80. The molecule has 0 nitrogen and oxygen atoms in total. The molecule has 0 saturated carbocycles. The smallest absolute Gasteiger partial charge is 0.0147 e. The summed E-state index contributed by atoms with van der Waals surface area (Å²) in [6, 6.07) is 0. The van der Waals surface area contributed by atoms with Crippen molar-refractivity contribution >= 4 is 7.92 Å². The minimum absolute atomic E-state index is 0.0959. The van der Waals surface area contributed by atoms with Crippen LogP contribution in [0.15, 0.2) is 0 Å². The van der Waals surface area contributed by atoms with Crippen LogP contribution < -0.4 is 0 Å². The van der Waals surface area contributed by atoms with Gasteiger partial charge in [0, 0.05) is 0 Å². The van der Waals surface area contributed by atoms with E-state index in [1.807, 2.05) is 0 Å². The Balaban J connectivity index is 4.83. The molecule has 0 aromatic heterocycles. The average Bonchev–Trinajstić information content (AvgIpc) is 1.82. The van der Waals surface area contributed by atoms with E-state index < -0.39 is 0 Å². The van der Waals surface area contributed by atoms with E-state index in [1.165, 1.54) is 6.42 Å². The third-order valence-electron chi connectivity index (χ3n) is 2.76. The average molecular weight is 202 g/mol. The lowest BCUT2D eigenvalue weighted by Crippen LogP contribution is -2.31. The molecule has 0 aliphatic carbocycles. The Morgan fingerprint density at radius 1 is 1.00 bits per heavy atom. The summed E-state index contributed by atoms with van der Waals surface area (Å²) in [5, 5.41) is 1.02. The molecule has 0 aromatic rings. The van der Waals surface area contributed by atoms with Gasteiger partial charge in [-0.15, -0.1) is 0 Å². The van der Waals surface area contributed by atoms with Gasteiger partial charge in [0.2, 0.25) is 0 Å². The van der Waals surface area contributed by atoms with Crippen LogP contribution in [-0.4, -0.2) is 16.0 Å². The summed E-state index contributed by atoms with van der Waals surface area (Å²) in [4.78, 5) is 0. The van der Waals surface area contributed by atoms with E-state index in [2.05, 4.69) is 55.4 Å². The fourth-order valence-electron chi connectivity index (χ4n) is 2.55. The Morgan fingerprint density at radius 3 is 1.46 bits per heavy atom. The Labute approximate surface area is 86.3 Å². The molecule has 1 heteroatoms. The summed E-state index contributed by atoms with van der Waals surface area (Å²) >= 11 is 0. The highest BCUT2D eigenvalue weighted by Crippen LogP contribution is 2.63. The van der Waals surface area contributed by atoms with Crippen LogP contribution >= 0.6 is 7.92 Å². The summed E-state index contributed by atoms with van der Waals surface area (Å²) in [6.45, 7) is 19.2. The first kappa shape index (κ1) is 13.4. The highest BCUT2D eigenvalue weighted by molar-refractivity contribution is 7.61. The van der Waals surface area contributed by atoms with Gasteiger partial charge in [-0.1, -0.05) is 63.3 Å². The number of hydrogen-bond acceptors (Lipinski definition) is 0. The quantitative estimate of drug-likeness (QED) is 0.573. The van der Waals surface area contributed by atoms with E-state index in [4.69, 9.17) is 0 Å². The van der Waals surface area contributed by atoms with Crippen molar-refractivity contribution in [3.63, 3.8) is 0 Å². The number of hydrogen-bond donors (Lipinski definition) is 0. The zero-order chi connectivity index (χ0) is 10.9. The molecule has 80 valence electrons. The van der Waals surface area contributed by atoms with Crippen molar-refractivity contribution in [1.82, 2.24) is 0 Å². The second kappa shape index (κ2) is 4.30. The topological polar surface area (TPSA) is 0 Å². The van der Waals surface area contributed by atoms with E-state index in [-0.39, 0.29) is 7.92 Å². The molecule has 0 spiro atoms. The van der Waals surface area contributed by atoms with E-state index in [1.54, 1.807) is 0 Å². The van der Waals surface area contributed by atoms with Gasteiger partial charge in [-0.2, -0.15) is 0 Å². The molecule has 0 aliphatic rings. The Morgan fingerprint density at radius 2 is 1.38 bits per heavy atom. The standard InChI is InChI=1S/C12H27P/c1-9-12(7,8)13(10(2)3)11(4,5)6/h10H,9H2,1-8H3. The molecule has 0 aromatic carbocycles. The van der Waals surface area contributed by atoms with Crippen LogP contribution in [0.2, 0.25) is 0 Å². The van der Waals surface area contributed by atoms with Gasteiger partial charge in [0.05, 0.1) is 0 Å². The molecule has 0 saturated heterocycles. The van der Waals surface area contributed by atoms with Gasteiger partial charge < -0.3 is 0 Å². The summed E-state index contributed by atoms with van der Waals surface area (Å²) in [5.41, 5.74) is 0.838. The van der Waals surface area contributed by atoms with E-state index in [0.717, 1.165) is 5.66 Å². The maximum atomic E-state index is 2.43. The van der Waals surface area contributed by atoms with Crippen molar-refractivity contribution in [2.75, 3.05) is 0 Å². The highest BCUT2D eigenvalue weighted by Gasteiger charge is 2.37. The van der Waals surface area contributed by atoms with Crippen molar-refractivity contribution in [1.29, 1.82) is 0 Å². The van der Waals surface area contributed by atoms with E-state index in [9.17, 15) is 0 Å². The molecule has 13 heavy (non-hydrogen) atoms. The summed E-state index contributed by atoms with van der Waals surface area (Å²) in [6.07, 6.45) is 1.30. The van der Waals surface area contributed by atoms with Gasteiger partial charge in [0.15, 0.2) is 0 Å². The van der Waals surface area contributed by atoms with Gasteiger partial charge in [-0.3, -0.25) is 0 Å². The molecule has 0 rings (SSSR count). The molecule has 1 unspecified atom stereocenters. The lowest BCUT2D eigenvalue weighted by Gasteiger charge is -2.46. The Kier molecular flexibility index (Phi) is 4.44. The fourth-order valence-corrected chi connectivity index (χ4v) is 7.66. The summed E-state index contributed by atoms with van der Waals surface area (Å²) in [5.74, 6) is 0. The van der Waals surface area contributed by atoms with Crippen LogP contribution in [0.3, 0.4) is 0 Å². The molecule has 0 radical (unpaired) electrons. The molecular formula is C12H27P. The maximum Gasteiger partial charge on any atom is -0.0147 e. The second-order valence-corrected chi connectivity index (χ2v) is 10.1. The first-order valence-electron chi connectivity index (χ1n) is 5.42. The Bertz CT molecular complexity index is 151. The van der Waals surface area contributed by atoms with Crippen LogP contribution in [0.1, 0.15) is 61.8 Å². The minimum atomic E-state index is 0.0959. The van der Waals surface area contributed by atoms with Crippen LogP contribution in [0.25, 0.3) is 0 Å². The molecule has 1 atom stereocenters. The third-order valence-corrected chi connectivity index (χ3v) is 6.86. The van der Waals surface area contributed by atoms with Gasteiger partial charge >= 0.3 is 0 Å². The van der Waals surface area contributed by atoms with Gasteiger partial charge in [-0.05, 0) is 22.4 Å². The fraction of sp³-hybridized carbons (Fsp3) is 1.00.